The standard InChI is InChI=1S/C15H13NO/c16-12-6-5-11-7-10-3-1-2-4-13(10)15(9-17)14(11)8-12/h1-8,17H,9,16H2. The van der Waals surface area contributed by atoms with Crippen molar-refractivity contribution in [1.82, 2.24) is 0 Å². The minimum Gasteiger partial charge on any atom is -0.399 e. The van der Waals surface area contributed by atoms with E-state index < -0.39 is 0 Å². The van der Waals surface area contributed by atoms with E-state index in [9.17, 15) is 5.11 Å². The molecule has 0 spiro atoms. The predicted octanol–water partition coefficient (Wildman–Crippen LogP) is 3.07. The van der Waals surface area contributed by atoms with Crippen LogP contribution in [0.1, 0.15) is 5.56 Å². The highest BCUT2D eigenvalue weighted by Gasteiger charge is 2.06. The summed E-state index contributed by atoms with van der Waals surface area (Å²) in [4.78, 5) is 0. The summed E-state index contributed by atoms with van der Waals surface area (Å²) in [5.41, 5.74) is 7.48. The molecule has 3 aromatic rings. The van der Waals surface area contributed by atoms with Crippen LogP contribution in [0.5, 0.6) is 0 Å². The molecule has 3 aromatic carbocycles. The van der Waals surface area contributed by atoms with Gasteiger partial charge in [0.05, 0.1) is 6.61 Å². The second-order valence-electron chi connectivity index (χ2n) is 4.21. The summed E-state index contributed by atoms with van der Waals surface area (Å²) in [6, 6.07) is 16.0. The maximum absolute atomic E-state index is 9.58. The van der Waals surface area contributed by atoms with Gasteiger partial charge in [0, 0.05) is 5.69 Å². The number of aliphatic hydroxyl groups excluding tert-OH is 1. The normalized spacial score (nSPS) is 11.1. The SMILES string of the molecule is Nc1ccc2cc3ccccc3c(CO)c2c1. The Morgan fingerprint density at radius 3 is 2.47 bits per heavy atom. The van der Waals surface area contributed by atoms with Gasteiger partial charge in [-0.2, -0.15) is 0 Å². The zero-order valence-electron chi connectivity index (χ0n) is 9.35. The first-order valence-electron chi connectivity index (χ1n) is 5.60. The Morgan fingerprint density at radius 2 is 1.65 bits per heavy atom. The number of fused-ring (bicyclic) bond motifs is 2. The molecule has 0 saturated carbocycles. The van der Waals surface area contributed by atoms with Gasteiger partial charge in [0.1, 0.15) is 0 Å². The molecule has 0 heterocycles. The Hall–Kier alpha value is -2.06. The van der Waals surface area contributed by atoms with Gasteiger partial charge < -0.3 is 10.8 Å². The summed E-state index contributed by atoms with van der Waals surface area (Å²) >= 11 is 0. The lowest BCUT2D eigenvalue weighted by atomic mass is 9.97. The Balaban J connectivity index is 2.54. The largest absolute Gasteiger partial charge is 0.399 e. The number of benzene rings is 3. The van der Waals surface area contributed by atoms with Gasteiger partial charge in [0.2, 0.25) is 0 Å². The lowest BCUT2D eigenvalue weighted by Gasteiger charge is -2.09. The minimum atomic E-state index is 0.0291. The molecule has 3 N–H and O–H groups in total. The highest BCUT2D eigenvalue weighted by molar-refractivity contribution is 6.03. The number of anilines is 1. The Kier molecular flexibility index (Phi) is 2.23. The van der Waals surface area contributed by atoms with Crippen LogP contribution in [0.3, 0.4) is 0 Å². The van der Waals surface area contributed by atoms with Crippen LogP contribution in [-0.2, 0) is 6.61 Å². The molecule has 84 valence electrons. The average molecular weight is 223 g/mol. The average Bonchev–Trinajstić information content (AvgIpc) is 2.36. The third kappa shape index (κ3) is 1.54. The summed E-state index contributed by atoms with van der Waals surface area (Å²) < 4.78 is 0. The van der Waals surface area contributed by atoms with E-state index in [1.165, 1.54) is 0 Å². The highest BCUT2D eigenvalue weighted by Crippen LogP contribution is 2.29. The summed E-state index contributed by atoms with van der Waals surface area (Å²) in [6.07, 6.45) is 0. The lowest BCUT2D eigenvalue weighted by Crippen LogP contribution is -1.91. The van der Waals surface area contributed by atoms with Crippen LogP contribution < -0.4 is 5.73 Å². The number of rotatable bonds is 1. The van der Waals surface area contributed by atoms with Gasteiger partial charge in [0.25, 0.3) is 0 Å². The third-order valence-corrected chi connectivity index (χ3v) is 3.16. The van der Waals surface area contributed by atoms with Crippen molar-refractivity contribution in [2.24, 2.45) is 0 Å². The fourth-order valence-electron chi connectivity index (χ4n) is 2.34. The maximum atomic E-state index is 9.58. The van der Waals surface area contributed by atoms with Crippen molar-refractivity contribution in [2.75, 3.05) is 5.73 Å². The van der Waals surface area contributed by atoms with Crippen molar-refractivity contribution in [1.29, 1.82) is 0 Å². The molecule has 0 unspecified atom stereocenters. The first-order valence-corrected chi connectivity index (χ1v) is 5.60. The molecule has 0 aliphatic heterocycles. The quantitative estimate of drug-likeness (QED) is 0.492. The predicted molar refractivity (Wildman–Crippen MR) is 71.8 cm³/mol. The van der Waals surface area contributed by atoms with Crippen LogP contribution in [0.25, 0.3) is 21.5 Å². The zero-order valence-corrected chi connectivity index (χ0v) is 9.35. The van der Waals surface area contributed by atoms with Crippen molar-refractivity contribution in [3.05, 3.63) is 54.1 Å². The smallest absolute Gasteiger partial charge is 0.0693 e. The third-order valence-electron chi connectivity index (χ3n) is 3.16. The van der Waals surface area contributed by atoms with Crippen molar-refractivity contribution in [3.8, 4) is 0 Å². The van der Waals surface area contributed by atoms with Crippen LogP contribution >= 0.6 is 0 Å². The van der Waals surface area contributed by atoms with E-state index in [0.717, 1.165) is 32.8 Å². The molecule has 2 heteroatoms. The van der Waals surface area contributed by atoms with E-state index >= 15 is 0 Å². The molecule has 0 aliphatic rings. The highest BCUT2D eigenvalue weighted by atomic mass is 16.3. The van der Waals surface area contributed by atoms with Gasteiger partial charge in [-0.25, -0.2) is 0 Å². The van der Waals surface area contributed by atoms with E-state index in [4.69, 9.17) is 5.73 Å². The zero-order chi connectivity index (χ0) is 11.8. The molecule has 0 atom stereocenters. The number of aliphatic hydroxyl groups is 1. The van der Waals surface area contributed by atoms with E-state index in [1.54, 1.807) is 0 Å². The van der Waals surface area contributed by atoms with Gasteiger partial charge in [-0.15, -0.1) is 0 Å². The lowest BCUT2D eigenvalue weighted by molar-refractivity contribution is 0.285. The summed E-state index contributed by atoms with van der Waals surface area (Å²) in [5.74, 6) is 0. The van der Waals surface area contributed by atoms with Crippen LogP contribution in [0.4, 0.5) is 5.69 Å². The minimum absolute atomic E-state index is 0.0291. The van der Waals surface area contributed by atoms with Crippen molar-refractivity contribution in [2.45, 2.75) is 6.61 Å². The summed E-state index contributed by atoms with van der Waals surface area (Å²) in [5, 5.41) is 14.0. The van der Waals surface area contributed by atoms with Gasteiger partial charge >= 0.3 is 0 Å². The summed E-state index contributed by atoms with van der Waals surface area (Å²) in [7, 11) is 0. The summed E-state index contributed by atoms with van der Waals surface area (Å²) in [6.45, 7) is 0.0291. The van der Waals surface area contributed by atoms with Crippen molar-refractivity contribution in [3.63, 3.8) is 0 Å². The number of nitrogens with two attached hydrogens (primary N) is 1. The van der Waals surface area contributed by atoms with Gasteiger partial charge in [-0.1, -0.05) is 30.3 Å². The second-order valence-corrected chi connectivity index (χ2v) is 4.21. The fourth-order valence-corrected chi connectivity index (χ4v) is 2.34. The van der Waals surface area contributed by atoms with E-state index in [1.807, 2.05) is 36.4 Å². The molecule has 17 heavy (non-hydrogen) atoms. The first kappa shape index (κ1) is 10.1. The van der Waals surface area contributed by atoms with Crippen LogP contribution in [0, 0.1) is 0 Å². The Labute approximate surface area is 99.3 Å². The van der Waals surface area contributed by atoms with E-state index in [-0.39, 0.29) is 6.61 Å². The number of nitrogen functional groups attached to an aromatic ring is 1. The molecule has 0 fully saturated rings. The molecule has 0 aromatic heterocycles. The monoisotopic (exact) mass is 223 g/mol. The van der Waals surface area contributed by atoms with E-state index in [2.05, 4.69) is 12.1 Å². The van der Waals surface area contributed by atoms with Gasteiger partial charge in [0.15, 0.2) is 0 Å². The fraction of sp³-hybridized carbons (Fsp3) is 0.0667. The molecular formula is C15H13NO. The van der Waals surface area contributed by atoms with Crippen LogP contribution in [-0.4, -0.2) is 5.11 Å². The van der Waals surface area contributed by atoms with Gasteiger partial charge in [-0.3, -0.25) is 0 Å². The molecule has 0 aliphatic carbocycles. The Morgan fingerprint density at radius 1 is 0.882 bits per heavy atom. The molecule has 0 amide bonds. The molecular weight excluding hydrogens is 210 g/mol. The molecule has 2 nitrogen and oxygen atoms in total. The van der Waals surface area contributed by atoms with Crippen LogP contribution in [0.15, 0.2) is 48.5 Å². The second kappa shape index (κ2) is 3.75. The van der Waals surface area contributed by atoms with Crippen molar-refractivity contribution < 1.29 is 5.11 Å². The molecule has 3 rings (SSSR count). The van der Waals surface area contributed by atoms with Crippen molar-refractivity contribution >= 4 is 27.2 Å². The number of hydrogen-bond donors (Lipinski definition) is 2. The maximum Gasteiger partial charge on any atom is 0.0693 e. The first-order chi connectivity index (χ1) is 8.29. The molecule has 0 radical (unpaired) electrons. The van der Waals surface area contributed by atoms with E-state index in [0.29, 0.717) is 0 Å². The van der Waals surface area contributed by atoms with Gasteiger partial charge in [-0.05, 0) is 45.3 Å². The molecule has 0 saturated heterocycles. The molecule has 0 bridgehead atoms. The Bertz CT molecular complexity index is 704. The number of hydrogen-bond acceptors (Lipinski definition) is 2. The van der Waals surface area contributed by atoms with Crippen LogP contribution in [0.2, 0.25) is 0 Å². The topological polar surface area (TPSA) is 46.2 Å².